The molecule has 0 fully saturated rings. The van der Waals surface area contributed by atoms with E-state index in [9.17, 15) is 15.3 Å². The molecular formula is C50H70O9. The van der Waals surface area contributed by atoms with E-state index in [-0.39, 0.29) is 34.5 Å². The number of benzene rings is 6. The number of rotatable bonds is 0. The number of para-hydroxylation sites is 3. The fraction of sp³-hybridized carbons (Fsp3) is 0.280. The zero-order valence-electron chi connectivity index (χ0n) is 37.1. The molecule has 324 valence electrons. The maximum atomic E-state index is 9.21. The van der Waals surface area contributed by atoms with Gasteiger partial charge in [-0.05, 0) is 148 Å². The highest BCUT2D eigenvalue weighted by atomic mass is 16.3. The number of phenolic OH excluding ortho intramolecular Hbond substituents is 9. The molecule has 0 spiro atoms. The van der Waals surface area contributed by atoms with Gasteiger partial charge in [0, 0.05) is 0 Å². The van der Waals surface area contributed by atoms with E-state index >= 15 is 0 Å². The first-order chi connectivity index (χ1) is 27.8. The van der Waals surface area contributed by atoms with Crippen LogP contribution < -0.4 is 0 Å². The molecule has 9 nitrogen and oxygen atoms in total. The number of hydrogen-bond acceptors (Lipinski definition) is 9. The van der Waals surface area contributed by atoms with E-state index in [2.05, 4.69) is 27.7 Å². The molecule has 6 rings (SSSR count). The highest BCUT2D eigenvalue weighted by Crippen LogP contribution is 2.21. The summed E-state index contributed by atoms with van der Waals surface area (Å²) in [5, 5.41) is 79.5. The first-order valence-electron chi connectivity index (χ1n) is 19.5. The standard InChI is InChI=1S/3C8H10O.3C6H6O2.2C3H8.C2H6/c3*1-6-4-3-5-7(2)8(6)9;3*7-5-1-2-6(8)4-3-5;2*1-3-2;1-2/h3*3-5,9H,1-2H3;3*1-4,7-8H;2*3H2,1-2H3;1-2H3. The monoisotopic (exact) mass is 815 g/mol. The first-order valence-corrected chi connectivity index (χ1v) is 19.5. The van der Waals surface area contributed by atoms with E-state index in [0.29, 0.717) is 17.2 Å². The van der Waals surface area contributed by atoms with Crippen molar-refractivity contribution in [2.24, 2.45) is 0 Å². The Morgan fingerprint density at radius 2 is 0.356 bits per heavy atom. The van der Waals surface area contributed by atoms with Crippen molar-refractivity contribution in [2.75, 3.05) is 0 Å². The van der Waals surface area contributed by atoms with Gasteiger partial charge >= 0.3 is 0 Å². The van der Waals surface area contributed by atoms with E-state index < -0.39 is 0 Å². The van der Waals surface area contributed by atoms with Crippen molar-refractivity contribution in [1.29, 1.82) is 0 Å². The lowest BCUT2D eigenvalue weighted by molar-refractivity contribution is 0.460. The minimum Gasteiger partial charge on any atom is -0.508 e. The molecule has 0 saturated carbocycles. The third kappa shape index (κ3) is 29.4. The maximum Gasteiger partial charge on any atom is 0.121 e. The van der Waals surface area contributed by atoms with Gasteiger partial charge in [0.2, 0.25) is 0 Å². The quantitative estimate of drug-likeness (QED) is 0.0674. The summed E-state index contributed by atoms with van der Waals surface area (Å²) in [6.07, 6.45) is 2.50. The third-order valence-corrected chi connectivity index (χ3v) is 6.87. The van der Waals surface area contributed by atoms with Gasteiger partial charge in [-0.15, -0.1) is 0 Å². The zero-order valence-corrected chi connectivity index (χ0v) is 37.1. The van der Waals surface area contributed by atoms with E-state index in [1.165, 1.54) is 85.6 Å². The molecule has 0 atom stereocenters. The molecule has 6 aromatic rings. The van der Waals surface area contributed by atoms with Crippen molar-refractivity contribution in [3.63, 3.8) is 0 Å². The summed E-state index contributed by atoms with van der Waals surface area (Å²) >= 11 is 0. The smallest absolute Gasteiger partial charge is 0.121 e. The largest absolute Gasteiger partial charge is 0.508 e. The first kappa shape index (κ1) is 56.8. The van der Waals surface area contributed by atoms with Crippen LogP contribution >= 0.6 is 0 Å². The highest BCUT2D eigenvalue weighted by Gasteiger charge is 1.97. The molecule has 0 aliphatic carbocycles. The summed E-state index contributed by atoms with van der Waals surface area (Å²) in [5.74, 6) is 2.26. The van der Waals surface area contributed by atoms with Crippen LogP contribution in [0.2, 0.25) is 0 Å². The maximum absolute atomic E-state index is 9.21. The Labute approximate surface area is 353 Å². The summed E-state index contributed by atoms with van der Waals surface area (Å²) in [5.41, 5.74) is 5.64. The van der Waals surface area contributed by atoms with Crippen molar-refractivity contribution < 1.29 is 46.0 Å². The summed E-state index contributed by atoms with van der Waals surface area (Å²) in [4.78, 5) is 0. The van der Waals surface area contributed by atoms with E-state index in [1.807, 2.05) is 110 Å². The molecule has 0 heterocycles. The molecule has 0 unspecified atom stereocenters. The molecule has 0 aliphatic rings. The van der Waals surface area contributed by atoms with Gasteiger partial charge in [0.05, 0.1) is 0 Å². The normalized spacial score (nSPS) is 8.75. The molecular weight excluding hydrogens is 745 g/mol. The lowest BCUT2D eigenvalue weighted by Crippen LogP contribution is -1.76. The predicted molar refractivity (Wildman–Crippen MR) is 245 cm³/mol. The second kappa shape index (κ2) is 34.7. The molecule has 9 heteroatoms. The van der Waals surface area contributed by atoms with Gasteiger partial charge in [-0.25, -0.2) is 0 Å². The zero-order chi connectivity index (χ0) is 45.9. The molecule has 0 aromatic heterocycles. The van der Waals surface area contributed by atoms with Gasteiger partial charge in [0.1, 0.15) is 51.7 Å². The molecule has 6 aromatic carbocycles. The van der Waals surface area contributed by atoms with Crippen molar-refractivity contribution in [2.45, 2.75) is 95.9 Å². The molecule has 0 bridgehead atoms. The molecule has 59 heavy (non-hydrogen) atoms. The highest BCUT2D eigenvalue weighted by molar-refractivity contribution is 5.39. The van der Waals surface area contributed by atoms with Crippen molar-refractivity contribution in [1.82, 2.24) is 0 Å². The number of hydrogen-bond donors (Lipinski definition) is 9. The molecule has 0 amide bonds. The van der Waals surface area contributed by atoms with Gasteiger partial charge in [0.25, 0.3) is 0 Å². The van der Waals surface area contributed by atoms with Gasteiger partial charge in [-0.3, -0.25) is 0 Å². The summed E-state index contributed by atoms with van der Waals surface area (Å²) in [7, 11) is 0. The van der Waals surface area contributed by atoms with Crippen LogP contribution in [0.25, 0.3) is 0 Å². The van der Waals surface area contributed by atoms with Crippen LogP contribution in [-0.4, -0.2) is 46.0 Å². The Hall–Kier alpha value is -6.48. The Kier molecular flexibility index (Phi) is 33.5. The summed E-state index contributed by atoms with van der Waals surface area (Å²) < 4.78 is 0. The van der Waals surface area contributed by atoms with Crippen molar-refractivity contribution >= 4 is 0 Å². The van der Waals surface area contributed by atoms with Crippen LogP contribution in [0, 0.1) is 41.5 Å². The Morgan fingerprint density at radius 1 is 0.254 bits per heavy atom. The predicted octanol–water partition coefficient (Wildman–Crippen LogP) is 13.2. The Balaban J connectivity index is -0.000000616. The fourth-order valence-electron chi connectivity index (χ4n) is 3.77. The average Bonchev–Trinajstić information content (AvgIpc) is 3.21. The van der Waals surface area contributed by atoms with E-state index in [1.54, 1.807) is 0 Å². The van der Waals surface area contributed by atoms with Gasteiger partial charge < -0.3 is 46.0 Å². The van der Waals surface area contributed by atoms with E-state index in [0.717, 1.165) is 33.4 Å². The second-order valence-corrected chi connectivity index (χ2v) is 12.7. The summed E-state index contributed by atoms with van der Waals surface area (Å²) in [6.45, 7) is 23.8. The Morgan fingerprint density at radius 3 is 0.441 bits per heavy atom. The fourth-order valence-corrected chi connectivity index (χ4v) is 3.77. The van der Waals surface area contributed by atoms with Crippen molar-refractivity contribution in [3.8, 4) is 51.7 Å². The van der Waals surface area contributed by atoms with Crippen LogP contribution in [0.4, 0.5) is 0 Å². The van der Waals surface area contributed by atoms with Crippen LogP contribution in [0.3, 0.4) is 0 Å². The minimum atomic E-state index is 0.169. The Bertz CT molecular complexity index is 1560. The van der Waals surface area contributed by atoms with Gasteiger partial charge in [0.15, 0.2) is 0 Å². The number of phenols is 9. The van der Waals surface area contributed by atoms with Gasteiger partial charge in [-0.2, -0.15) is 0 Å². The molecule has 0 radical (unpaired) electrons. The topological polar surface area (TPSA) is 182 Å². The van der Waals surface area contributed by atoms with Crippen LogP contribution in [0.1, 0.15) is 87.8 Å². The lowest BCUT2D eigenvalue weighted by atomic mass is 10.1. The van der Waals surface area contributed by atoms with Crippen LogP contribution in [0.15, 0.2) is 127 Å². The summed E-state index contributed by atoms with van der Waals surface area (Å²) in [6, 6.07) is 34.3. The minimum absolute atomic E-state index is 0.169. The number of aryl methyl sites for hydroxylation is 6. The van der Waals surface area contributed by atoms with Crippen LogP contribution in [-0.2, 0) is 0 Å². The molecule has 0 saturated heterocycles. The second-order valence-electron chi connectivity index (χ2n) is 12.7. The van der Waals surface area contributed by atoms with E-state index in [4.69, 9.17) is 30.6 Å². The number of aromatic hydroxyl groups is 9. The lowest BCUT2D eigenvalue weighted by Gasteiger charge is -1.99. The van der Waals surface area contributed by atoms with Crippen LogP contribution in [0.5, 0.6) is 51.7 Å². The van der Waals surface area contributed by atoms with Gasteiger partial charge in [-0.1, -0.05) is 109 Å². The van der Waals surface area contributed by atoms with Crippen molar-refractivity contribution in [3.05, 3.63) is 161 Å². The average molecular weight is 815 g/mol. The molecule has 0 aliphatic heterocycles. The molecule has 9 N–H and O–H groups in total. The third-order valence-electron chi connectivity index (χ3n) is 6.87. The SMILES string of the molecule is CC.CCC.CCC.Cc1cccc(C)c1O.Cc1cccc(C)c1O.Cc1cccc(C)c1O.Oc1ccc(O)cc1.Oc1ccc(O)cc1.Oc1ccc(O)cc1.